The smallest absolute Gasteiger partial charge is 0.266 e. The second kappa shape index (κ2) is 8.58. The van der Waals surface area contributed by atoms with Crippen LogP contribution in [0.1, 0.15) is 68.5 Å². The number of aryl methyl sites for hydroxylation is 3. The SMILES string of the molecule is Cc1nc(C)c(C(=O)N2CCC[C@H]2c2nc(C)c3c(n2)N(Cc2ccccn2)CCC3)s1. The summed E-state index contributed by atoms with van der Waals surface area (Å²) < 4.78 is 0. The zero-order valence-electron chi connectivity index (χ0n) is 18.8. The third-order valence-electron chi connectivity index (χ3n) is 6.35. The number of amides is 1. The van der Waals surface area contributed by atoms with E-state index in [2.05, 4.69) is 27.9 Å². The molecule has 5 rings (SSSR count). The lowest BCUT2D eigenvalue weighted by Gasteiger charge is -2.32. The van der Waals surface area contributed by atoms with Crippen molar-refractivity contribution in [1.29, 1.82) is 0 Å². The van der Waals surface area contributed by atoms with Crippen LogP contribution < -0.4 is 4.90 Å². The first-order valence-corrected chi connectivity index (χ1v) is 12.1. The highest BCUT2D eigenvalue weighted by atomic mass is 32.1. The van der Waals surface area contributed by atoms with Crippen LogP contribution in [0.4, 0.5) is 5.82 Å². The zero-order chi connectivity index (χ0) is 22.2. The molecule has 0 radical (unpaired) electrons. The van der Waals surface area contributed by atoms with Gasteiger partial charge in [0.05, 0.1) is 29.0 Å². The molecule has 2 aliphatic heterocycles. The molecule has 0 spiro atoms. The van der Waals surface area contributed by atoms with Gasteiger partial charge in [-0.3, -0.25) is 9.78 Å². The van der Waals surface area contributed by atoms with Crippen molar-refractivity contribution in [3.63, 3.8) is 0 Å². The number of hydrogen-bond acceptors (Lipinski definition) is 7. The first-order chi connectivity index (χ1) is 15.5. The van der Waals surface area contributed by atoms with Crippen molar-refractivity contribution in [3.8, 4) is 0 Å². The van der Waals surface area contributed by atoms with E-state index < -0.39 is 0 Å². The van der Waals surface area contributed by atoms with E-state index in [0.717, 1.165) is 83.9 Å². The quantitative estimate of drug-likeness (QED) is 0.596. The summed E-state index contributed by atoms with van der Waals surface area (Å²) in [6.07, 6.45) is 5.77. The molecule has 0 aliphatic carbocycles. The largest absolute Gasteiger partial charge is 0.350 e. The number of fused-ring (bicyclic) bond motifs is 1. The van der Waals surface area contributed by atoms with Crippen molar-refractivity contribution < 1.29 is 4.79 Å². The first kappa shape index (κ1) is 21.0. The maximum atomic E-state index is 13.4. The zero-order valence-corrected chi connectivity index (χ0v) is 19.7. The van der Waals surface area contributed by atoms with Gasteiger partial charge in [0.15, 0.2) is 5.82 Å². The van der Waals surface area contributed by atoms with E-state index in [-0.39, 0.29) is 11.9 Å². The third-order valence-corrected chi connectivity index (χ3v) is 7.41. The number of likely N-dealkylation sites (tertiary alicyclic amines) is 1. The van der Waals surface area contributed by atoms with Gasteiger partial charge in [-0.15, -0.1) is 11.3 Å². The van der Waals surface area contributed by atoms with Gasteiger partial charge in [-0.25, -0.2) is 15.0 Å². The molecule has 1 atom stereocenters. The predicted octanol–water partition coefficient (Wildman–Crippen LogP) is 4.18. The Labute approximate surface area is 192 Å². The van der Waals surface area contributed by atoms with Gasteiger partial charge in [0.2, 0.25) is 0 Å². The molecular weight excluding hydrogens is 420 g/mol. The highest BCUT2D eigenvalue weighted by Crippen LogP contribution is 2.36. The summed E-state index contributed by atoms with van der Waals surface area (Å²) in [5.41, 5.74) is 4.10. The lowest BCUT2D eigenvalue weighted by Crippen LogP contribution is -2.34. The monoisotopic (exact) mass is 448 g/mol. The summed E-state index contributed by atoms with van der Waals surface area (Å²) in [4.78, 5) is 37.3. The van der Waals surface area contributed by atoms with E-state index in [0.29, 0.717) is 0 Å². The fraction of sp³-hybridized carbons (Fsp3) is 0.458. The van der Waals surface area contributed by atoms with Crippen LogP contribution in [0.15, 0.2) is 24.4 Å². The molecule has 32 heavy (non-hydrogen) atoms. The number of rotatable bonds is 4. The number of nitrogens with zero attached hydrogens (tertiary/aromatic N) is 6. The van der Waals surface area contributed by atoms with Crippen LogP contribution in [0, 0.1) is 20.8 Å². The molecule has 3 aromatic rings. The van der Waals surface area contributed by atoms with E-state index in [1.54, 1.807) is 0 Å². The van der Waals surface area contributed by atoms with Gasteiger partial charge in [-0.05, 0) is 58.6 Å². The van der Waals surface area contributed by atoms with Crippen LogP contribution in [-0.4, -0.2) is 43.8 Å². The van der Waals surface area contributed by atoms with Crippen LogP contribution in [0.3, 0.4) is 0 Å². The molecule has 8 heteroatoms. The van der Waals surface area contributed by atoms with Gasteiger partial charge in [0.25, 0.3) is 5.91 Å². The molecule has 1 amide bonds. The maximum absolute atomic E-state index is 13.4. The fourth-order valence-electron chi connectivity index (χ4n) is 4.84. The number of aromatic nitrogens is 4. The number of anilines is 1. The van der Waals surface area contributed by atoms with Crippen LogP contribution in [-0.2, 0) is 13.0 Å². The highest BCUT2D eigenvalue weighted by Gasteiger charge is 2.35. The molecular formula is C24H28N6OS. The standard InChI is InChI=1S/C24H28N6OS/c1-15-19-9-6-12-29(14-18-8-4-5-11-25-18)23(19)28-22(27-15)20-10-7-13-30(20)24(31)21-16(2)26-17(3)32-21/h4-5,8,11,20H,6-7,9-10,12-14H2,1-3H3/t20-/m0/s1. The third kappa shape index (κ3) is 3.88. The Bertz CT molecular complexity index is 1140. The Kier molecular flexibility index (Phi) is 5.63. The normalized spacial score (nSPS) is 18.2. The van der Waals surface area contributed by atoms with E-state index in [1.165, 1.54) is 16.9 Å². The molecule has 0 aromatic carbocycles. The molecule has 0 unspecified atom stereocenters. The minimum Gasteiger partial charge on any atom is -0.350 e. The van der Waals surface area contributed by atoms with Crippen LogP contribution in [0.25, 0.3) is 0 Å². The molecule has 7 nitrogen and oxygen atoms in total. The van der Waals surface area contributed by atoms with E-state index >= 15 is 0 Å². The van der Waals surface area contributed by atoms with Gasteiger partial charge in [0, 0.05) is 30.5 Å². The van der Waals surface area contributed by atoms with E-state index in [4.69, 9.17) is 9.97 Å². The molecule has 5 heterocycles. The van der Waals surface area contributed by atoms with Crippen LogP contribution >= 0.6 is 11.3 Å². The molecule has 1 fully saturated rings. The van der Waals surface area contributed by atoms with Gasteiger partial charge in [-0.2, -0.15) is 0 Å². The molecule has 0 N–H and O–H groups in total. The minimum atomic E-state index is -0.0908. The lowest BCUT2D eigenvalue weighted by atomic mass is 10.0. The average molecular weight is 449 g/mol. The summed E-state index contributed by atoms with van der Waals surface area (Å²) >= 11 is 1.48. The Morgan fingerprint density at radius 2 is 1.97 bits per heavy atom. The van der Waals surface area contributed by atoms with Gasteiger partial charge >= 0.3 is 0 Å². The first-order valence-electron chi connectivity index (χ1n) is 11.3. The minimum absolute atomic E-state index is 0.0555. The Balaban J connectivity index is 1.47. The summed E-state index contributed by atoms with van der Waals surface area (Å²) in [7, 11) is 0. The molecule has 166 valence electrons. The van der Waals surface area contributed by atoms with Crippen molar-refractivity contribution in [3.05, 3.63) is 62.8 Å². The number of pyridine rings is 1. The molecule has 3 aromatic heterocycles. The van der Waals surface area contributed by atoms with Crippen molar-refractivity contribution in [2.75, 3.05) is 18.0 Å². The van der Waals surface area contributed by atoms with E-state index in [9.17, 15) is 4.79 Å². The fourth-order valence-corrected chi connectivity index (χ4v) is 5.71. The van der Waals surface area contributed by atoms with Crippen molar-refractivity contribution in [1.82, 2.24) is 24.8 Å². The maximum Gasteiger partial charge on any atom is 0.266 e. The number of thiazole rings is 1. The topological polar surface area (TPSA) is 75.1 Å². The predicted molar refractivity (Wildman–Crippen MR) is 125 cm³/mol. The average Bonchev–Trinajstić information content (AvgIpc) is 3.41. The summed E-state index contributed by atoms with van der Waals surface area (Å²) in [5.74, 6) is 1.83. The number of carbonyl (C=O) groups excluding carboxylic acids is 1. The van der Waals surface area contributed by atoms with Crippen LogP contribution in [0.5, 0.6) is 0 Å². The Morgan fingerprint density at radius 1 is 1.09 bits per heavy atom. The Hall–Kier alpha value is -2.87. The van der Waals surface area contributed by atoms with E-state index in [1.807, 2.05) is 37.1 Å². The number of carbonyl (C=O) groups is 1. The molecule has 0 bridgehead atoms. The Morgan fingerprint density at radius 3 is 2.72 bits per heavy atom. The summed E-state index contributed by atoms with van der Waals surface area (Å²) in [5, 5.41) is 0.924. The van der Waals surface area contributed by atoms with Gasteiger partial charge in [0.1, 0.15) is 10.7 Å². The molecule has 1 saturated heterocycles. The number of hydrogen-bond donors (Lipinski definition) is 0. The van der Waals surface area contributed by atoms with Gasteiger partial charge in [-0.1, -0.05) is 6.07 Å². The summed E-state index contributed by atoms with van der Waals surface area (Å²) in [6.45, 7) is 8.35. The van der Waals surface area contributed by atoms with Gasteiger partial charge < -0.3 is 9.80 Å². The van der Waals surface area contributed by atoms with Crippen molar-refractivity contribution >= 4 is 23.1 Å². The highest BCUT2D eigenvalue weighted by molar-refractivity contribution is 7.13. The van der Waals surface area contributed by atoms with Crippen molar-refractivity contribution in [2.45, 2.75) is 59.0 Å². The second-order valence-corrected chi connectivity index (χ2v) is 9.82. The molecule has 0 saturated carbocycles. The van der Waals surface area contributed by atoms with Crippen molar-refractivity contribution in [2.24, 2.45) is 0 Å². The lowest BCUT2D eigenvalue weighted by molar-refractivity contribution is 0.0733. The van der Waals surface area contributed by atoms with Crippen LogP contribution in [0.2, 0.25) is 0 Å². The summed E-state index contributed by atoms with van der Waals surface area (Å²) in [6, 6.07) is 5.93. The molecule has 2 aliphatic rings. The second-order valence-electron chi connectivity index (χ2n) is 8.62.